The van der Waals surface area contributed by atoms with Crippen LogP contribution in [0.4, 0.5) is 10.1 Å². The fourth-order valence-electron chi connectivity index (χ4n) is 2.66. The fraction of sp³-hybridized carbons (Fsp3) is 0.143. The second-order valence-electron chi connectivity index (χ2n) is 5.86. The number of amides is 1. The summed E-state index contributed by atoms with van der Waals surface area (Å²) in [5.74, 6) is -0.316. The third-order valence-corrected chi connectivity index (χ3v) is 3.97. The van der Waals surface area contributed by atoms with Crippen molar-refractivity contribution in [2.45, 2.75) is 13.5 Å². The van der Waals surface area contributed by atoms with Gasteiger partial charge in [0.2, 0.25) is 0 Å². The van der Waals surface area contributed by atoms with Crippen LogP contribution in [-0.2, 0) is 6.54 Å². The number of para-hydroxylation sites is 2. The Morgan fingerprint density at radius 1 is 1.07 bits per heavy atom. The molecule has 0 aliphatic carbocycles. The lowest BCUT2D eigenvalue weighted by Gasteiger charge is -2.12. The minimum absolute atomic E-state index is 0.0194. The van der Waals surface area contributed by atoms with E-state index in [4.69, 9.17) is 4.74 Å². The van der Waals surface area contributed by atoms with E-state index in [1.54, 1.807) is 48.7 Å². The van der Waals surface area contributed by atoms with E-state index in [1.807, 2.05) is 6.92 Å². The highest BCUT2D eigenvalue weighted by Crippen LogP contribution is 2.24. The molecule has 1 heterocycles. The summed E-state index contributed by atoms with van der Waals surface area (Å²) >= 11 is 0. The van der Waals surface area contributed by atoms with Crippen molar-refractivity contribution in [2.75, 3.05) is 11.9 Å². The van der Waals surface area contributed by atoms with Gasteiger partial charge in [-0.05, 0) is 48.9 Å². The van der Waals surface area contributed by atoms with Gasteiger partial charge in [-0.25, -0.2) is 4.39 Å². The highest BCUT2D eigenvalue weighted by Gasteiger charge is 2.14. The number of pyridine rings is 1. The third-order valence-electron chi connectivity index (χ3n) is 3.97. The zero-order chi connectivity index (χ0) is 19.2. The van der Waals surface area contributed by atoms with E-state index >= 15 is 0 Å². The highest BCUT2D eigenvalue weighted by atomic mass is 19.1. The van der Waals surface area contributed by atoms with E-state index in [-0.39, 0.29) is 17.9 Å². The number of ether oxygens (including phenoxy) is 1. The molecule has 6 heteroatoms. The summed E-state index contributed by atoms with van der Waals surface area (Å²) < 4.78 is 19.9. The maximum absolute atomic E-state index is 13.0. The molecule has 0 aliphatic rings. The van der Waals surface area contributed by atoms with Crippen molar-refractivity contribution in [3.63, 3.8) is 0 Å². The van der Waals surface area contributed by atoms with Crippen molar-refractivity contribution in [1.29, 1.82) is 0 Å². The molecule has 0 saturated carbocycles. The lowest BCUT2D eigenvalue weighted by atomic mass is 10.2. The van der Waals surface area contributed by atoms with Gasteiger partial charge in [-0.2, -0.15) is 0 Å². The molecule has 0 saturated heterocycles. The van der Waals surface area contributed by atoms with Crippen molar-refractivity contribution in [3.05, 3.63) is 94.2 Å². The summed E-state index contributed by atoms with van der Waals surface area (Å²) in [6, 6.07) is 16.0. The average Bonchev–Trinajstić information content (AvgIpc) is 2.67. The lowest BCUT2D eigenvalue weighted by Crippen LogP contribution is -2.29. The largest absolute Gasteiger partial charge is 0.492 e. The van der Waals surface area contributed by atoms with Gasteiger partial charge in [0.25, 0.3) is 11.5 Å². The Morgan fingerprint density at radius 2 is 1.81 bits per heavy atom. The Bertz CT molecular complexity index is 997. The number of hydrogen-bond acceptors (Lipinski definition) is 3. The first-order chi connectivity index (χ1) is 13.1. The normalized spacial score (nSPS) is 10.4. The van der Waals surface area contributed by atoms with Gasteiger partial charge in [0.15, 0.2) is 0 Å². The van der Waals surface area contributed by atoms with Crippen molar-refractivity contribution >= 4 is 11.6 Å². The fourth-order valence-corrected chi connectivity index (χ4v) is 2.66. The molecule has 0 bridgehead atoms. The minimum atomic E-state index is -0.513. The number of carbonyl (C=O) groups is 1. The standard InChI is InChI=1S/C21H19FN2O3/c1-2-27-19-8-4-3-7-18(19)23-20(25)17-6-5-13-24(21(17)26)14-15-9-11-16(22)12-10-15/h3-13H,2,14H2,1H3,(H,23,25). The molecule has 0 unspecified atom stereocenters. The van der Waals surface area contributed by atoms with Crippen LogP contribution >= 0.6 is 0 Å². The molecular weight excluding hydrogens is 347 g/mol. The minimum Gasteiger partial charge on any atom is -0.492 e. The van der Waals surface area contributed by atoms with Crippen LogP contribution in [0.3, 0.4) is 0 Å². The van der Waals surface area contributed by atoms with Crippen molar-refractivity contribution in [3.8, 4) is 5.75 Å². The average molecular weight is 366 g/mol. The molecule has 1 aromatic heterocycles. The predicted octanol–water partition coefficient (Wildman–Crippen LogP) is 3.69. The number of benzene rings is 2. The van der Waals surface area contributed by atoms with Crippen molar-refractivity contribution < 1.29 is 13.9 Å². The highest BCUT2D eigenvalue weighted by molar-refractivity contribution is 6.04. The van der Waals surface area contributed by atoms with Gasteiger partial charge in [-0.15, -0.1) is 0 Å². The second-order valence-corrected chi connectivity index (χ2v) is 5.86. The number of nitrogens with zero attached hydrogens (tertiary/aromatic N) is 1. The molecule has 0 radical (unpaired) electrons. The number of hydrogen-bond donors (Lipinski definition) is 1. The summed E-state index contributed by atoms with van der Waals surface area (Å²) in [7, 11) is 0. The second kappa shape index (κ2) is 8.31. The van der Waals surface area contributed by atoms with Crippen LogP contribution in [-0.4, -0.2) is 17.1 Å². The summed E-state index contributed by atoms with van der Waals surface area (Å²) in [6.07, 6.45) is 1.59. The van der Waals surface area contributed by atoms with Crippen LogP contribution in [0.25, 0.3) is 0 Å². The summed E-state index contributed by atoms with van der Waals surface area (Å²) in [4.78, 5) is 25.3. The zero-order valence-electron chi connectivity index (χ0n) is 14.8. The first-order valence-corrected chi connectivity index (χ1v) is 8.55. The van der Waals surface area contributed by atoms with Gasteiger partial charge in [-0.3, -0.25) is 9.59 Å². The topological polar surface area (TPSA) is 60.3 Å². The van der Waals surface area contributed by atoms with Crippen LogP contribution in [0, 0.1) is 5.82 Å². The van der Waals surface area contributed by atoms with E-state index in [0.29, 0.717) is 18.0 Å². The Labute approximate surface area is 156 Å². The third kappa shape index (κ3) is 4.41. The number of nitrogens with one attached hydrogen (secondary N) is 1. The molecule has 3 rings (SSSR count). The first-order valence-electron chi connectivity index (χ1n) is 8.55. The van der Waals surface area contributed by atoms with Gasteiger partial charge in [0.1, 0.15) is 17.1 Å². The predicted molar refractivity (Wildman–Crippen MR) is 102 cm³/mol. The number of carbonyl (C=O) groups excluding carboxylic acids is 1. The van der Waals surface area contributed by atoms with E-state index < -0.39 is 11.5 Å². The van der Waals surface area contributed by atoms with Gasteiger partial charge in [-0.1, -0.05) is 24.3 Å². The van der Waals surface area contributed by atoms with Crippen LogP contribution < -0.4 is 15.6 Å². The number of anilines is 1. The molecule has 5 nitrogen and oxygen atoms in total. The van der Waals surface area contributed by atoms with Crippen LogP contribution in [0.1, 0.15) is 22.8 Å². The molecule has 0 spiro atoms. The summed E-state index contributed by atoms with van der Waals surface area (Å²) in [5.41, 5.74) is 0.856. The number of aromatic nitrogens is 1. The molecule has 27 heavy (non-hydrogen) atoms. The molecule has 1 N–H and O–H groups in total. The number of halogens is 1. The summed E-state index contributed by atoms with van der Waals surface area (Å²) in [5, 5.41) is 2.72. The van der Waals surface area contributed by atoms with Crippen molar-refractivity contribution in [1.82, 2.24) is 4.57 Å². The Balaban J connectivity index is 1.84. The molecule has 0 aliphatic heterocycles. The van der Waals surface area contributed by atoms with Crippen LogP contribution in [0.2, 0.25) is 0 Å². The van der Waals surface area contributed by atoms with Gasteiger partial charge >= 0.3 is 0 Å². The van der Waals surface area contributed by atoms with Gasteiger partial charge in [0, 0.05) is 6.20 Å². The SMILES string of the molecule is CCOc1ccccc1NC(=O)c1cccn(Cc2ccc(F)cc2)c1=O. The monoisotopic (exact) mass is 366 g/mol. The smallest absolute Gasteiger partial charge is 0.263 e. The van der Waals surface area contributed by atoms with Gasteiger partial charge < -0.3 is 14.6 Å². The lowest BCUT2D eigenvalue weighted by molar-refractivity contribution is 0.102. The Kier molecular flexibility index (Phi) is 5.66. The van der Waals surface area contributed by atoms with Crippen LogP contribution in [0.5, 0.6) is 5.75 Å². The molecule has 0 atom stereocenters. The maximum atomic E-state index is 13.0. The van der Waals surface area contributed by atoms with E-state index in [1.165, 1.54) is 22.8 Å². The van der Waals surface area contributed by atoms with Crippen LogP contribution in [0.15, 0.2) is 71.7 Å². The summed E-state index contributed by atoms with van der Waals surface area (Å²) in [6.45, 7) is 2.56. The molecule has 2 aromatic carbocycles. The van der Waals surface area contributed by atoms with Gasteiger partial charge in [0.05, 0.1) is 18.8 Å². The van der Waals surface area contributed by atoms with E-state index in [2.05, 4.69) is 5.32 Å². The molecule has 0 fully saturated rings. The number of rotatable bonds is 6. The molecular formula is C21H19FN2O3. The molecule has 1 amide bonds. The van der Waals surface area contributed by atoms with E-state index in [0.717, 1.165) is 5.56 Å². The maximum Gasteiger partial charge on any atom is 0.263 e. The molecule has 3 aromatic rings. The Morgan fingerprint density at radius 3 is 2.56 bits per heavy atom. The van der Waals surface area contributed by atoms with E-state index in [9.17, 15) is 14.0 Å². The van der Waals surface area contributed by atoms with Crippen molar-refractivity contribution in [2.24, 2.45) is 0 Å². The zero-order valence-corrected chi connectivity index (χ0v) is 14.8. The Hall–Kier alpha value is -3.41. The quantitative estimate of drug-likeness (QED) is 0.724. The first kappa shape index (κ1) is 18.4. The molecule has 138 valence electrons.